The van der Waals surface area contributed by atoms with Crippen molar-refractivity contribution >= 4 is 50.6 Å². The van der Waals surface area contributed by atoms with Crippen LogP contribution in [0.15, 0.2) is 71.6 Å². The second-order valence-electron chi connectivity index (χ2n) is 7.00. The summed E-state index contributed by atoms with van der Waals surface area (Å²) in [4.78, 5) is 23.4. The summed E-state index contributed by atoms with van der Waals surface area (Å²) in [6, 6.07) is 16.9. The van der Waals surface area contributed by atoms with E-state index in [4.69, 9.17) is 17.3 Å². The third-order valence-electron chi connectivity index (χ3n) is 4.44. The van der Waals surface area contributed by atoms with Crippen molar-refractivity contribution < 1.29 is 18.0 Å². The summed E-state index contributed by atoms with van der Waals surface area (Å²) in [7, 11) is -3.88. The van der Waals surface area contributed by atoms with E-state index in [9.17, 15) is 18.0 Å². The Morgan fingerprint density at radius 1 is 0.875 bits per heavy atom. The number of rotatable bonds is 7. The van der Waals surface area contributed by atoms with E-state index in [1.807, 2.05) is 0 Å². The van der Waals surface area contributed by atoms with Crippen LogP contribution in [0.5, 0.6) is 0 Å². The molecule has 0 radical (unpaired) electrons. The molecular weight excluding hydrogens is 452 g/mol. The molecule has 0 atom stereocenters. The predicted octanol–water partition coefficient (Wildman–Crippen LogP) is 4.12. The number of halogens is 1. The van der Waals surface area contributed by atoms with Crippen LogP contribution in [-0.2, 0) is 21.2 Å². The molecule has 0 aliphatic rings. The SMILES string of the molecule is Cc1ccc(NC(=O)Cc2ccc(NC(N)=O)cc2)cc1S(=O)(=O)Nc1ccc(Cl)cc1. The van der Waals surface area contributed by atoms with Crippen molar-refractivity contribution in [1.82, 2.24) is 0 Å². The lowest BCUT2D eigenvalue weighted by Crippen LogP contribution is -2.19. The van der Waals surface area contributed by atoms with Gasteiger partial charge in [-0.2, -0.15) is 0 Å². The average Bonchev–Trinajstić information content (AvgIpc) is 2.72. The molecular formula is C22H21ClN4O4S. The Balaban J connectivity index is 1.71. The van der Waals surface area contributed by atoms with Crippen LogP contribution in [-0.4, -0.2) is 20.4 Å². The van der Waals surface area contributed by atoms with E-state index in [1.165, 1.54) is 6.07 Å². The standard InChI is InChI=1S/C22H21ClN4O4S/c1-14-2-7-19(13-20(14)32(30,31)27-18-10-5-16(23)6-11-18)25-21(28)12-15-3-8-17(9-4-15)26-22(24)29/h2-11,13,27H,12H2,1H3,(H,25,28)(H3,24,26,29). The first-order chi connectivity index (χ1) is 15.1. The second kappa shape index (κ2) is 9.71. The van der Waals surface area contributed by atoms with E-state index in [2.05, 4.69) is 15.4 Å². The largest absolute Gasteiger partial charge is 0.351 e. The summed E-state index contributed by atoms with van der Waals surface area (Å²) in [6.45, 7) is 1.67. The first-order valence-electron chi connectivity index (χ1n) is 9.47. The molecule has 3 rings (SSSR count). The Hall–Kier alpha value is -3.56. The molecule has 5 N–H and O–H groups in total. The predicted molar refractivity (Wildman–Crippen MR) is 125 cm³/mol. The first-order valence-corrected chi connectivity index (χ1v) is 11.3. The van der Waals surface area contributed by atoms with Crippen molar-refractivity contribution in [3.63, 3.8) is 0 Å². The van der Waals surface area contributed by atoms with E-state index in [-0.39, 0.29) is 17.2 Å². The molecule has 3 aromatic carbocycles. The lowest BCUT2D eigenvalue weighted by atomic mass is 10.1. The molecule has 0 saturated heterocycles. The number of urea groups is 1. The number of amides is 3. The molecule has 0 saturated carbocycles. The molecule has 166 valence electrons. The summed E-state index contributed by atoms with van der Waals surface area (Å²) >= 11 is 5.84. The van der Waals surface area contributed by atoms with Gasteiger partial charge in [-0.25, -0.2) is 13.2 Å². The number of hydrogen-bond acceptors (Lipinski definition) is 4. The van der Waals surface area contributed by atoms with Gasteiger partial charge in [-0.05, 0) is 66.6 Å². The zero-order valence-electron chi connectivity index (χ0n) is 17.1. The van der Waals surface area contributed by atoms with Crippen LogP contribution >= 0.6 is 11.6 Å². The molecule has 8 nitrogen and oxygen atoms in total. The molecule has 0 heterocycles. The van der Waals surface area contributed by atoms with Crippen LogP contribution in [0.1, 0.15) is 11.1 Å². The van der Waals surface area contributed by atoms with Crippen molar-refractivity contribution in [2.24, 2.45) is 5.73 Å². The molecule has 0 aromatic heterocycles. The van der Waals surface area contributed by atoms with Crippen molar-refractivity contribution in [2.75, 3.05) is 15.4 Å². The van der Waals surface area contributed by atoms with Crippen molar-refractivity contribution in [3.8, 4) is 0 Å². The summed E-state index contributed by atoms with van der Waals surface area (Å²) < 4.78 is 28.2. The van der Waals surface area contributed by atoms with Crippen molar-refractivity contribution in [3.05, 3.63) is 82.9 Å². The summed E-state index contributed by atoms with van der Waals surface area (Å²) in [5, 5.41) is 5.64. The maximum Gasteiger partial charge on any atom is 0.316 e. The summed E-state index contributed by atoms with van der Waals surface area (Å²) in [5.74, 6) is -0.321. The fourth-order valence-corrected chi connectivity index (χ4v) is 4.39. The minimum Gasteiger partial charge on any atom is -0.351 e. The van der Waals surface area contributed by atoms with Gasteiger partial charge in [0, 0.05) is 22.1 Å². The topological polar surface area (TPSA) is 130 Å². The summed E-state index contributed by atoms with van der Waals surface area (Å²) in [5.41, 5.74) is 7.55. The fourth-order valence-electron chi connectivity index (χ4n) is 2.93. The molecule has 0 spiro atoms. The molecule has 0 aliphatic heterocycles. The maximum absolute atomic E-state index is 12.8. The number of anilines is 3. The number of sulfonamides is 1. The third kappa shape index (κ3) is 6.22. The normalized spacial score (nSPS) is 10.9. The van der Waals surface area contributed by atoms with Crippen LogP contribution in [0, 0.1) is 6.92 Å². The highest BCUT2D eigenvalue weighted by atomic mass is 35.5. The zero-order chi connectivity index (χ0) is 23.3. The van der Waals surface area contributed by atoms with Crippen LogP contribution in [0.4, 0.5) is 21.9 Å². The van der Waals surface area contributed by atoms with E-state index < -0.39 is 16.1 Å². The monoisotopic (exact) mass is 472 g/mol. The number of primary amides is 1. The zero-order valence-corrected chi connectivity index (χ0v) is 18.6. The minimum atomic E-state index is -3.88. The van der Waals surface area contributed by atoms with Crippen molar-refractivity contribution in [1.29, 1.82) is 0 Å². The molecule has 10 heteroatoms. The highest BCUT2D eigenvalue weighted by Gasteiger charge is 2.18. The maximum atomic E-state index is 12.8. The molecule has 0 fully saturated rings. The lowest BCUT2D eigenvalue weighted by Gasteiger charge is -2.13. The van der Waals surface area contributed by atoms with Gasteiger partial charge in [0.1, 0.15) is 0 Å². The molecule has 0 unspecified atom stereocenters. The van der Waals surface area contributed by atoms with Crippen LogP contribution in [0.2, 0.25) is 5.02 Å². The number of carbonyl (C=O) groups is 2. The van der Waals surface area contributed by atoms with E-state index >= 15 is 0 Å². The molecule has 3 aromatic rings. The Morgan fingerprint density at radius 3 is 2.09 bits per heavy atom. The van der Waals surface area contributed by atoms with E-state index in [1.54, 1.807) is 67.6 Å². The van der Waals surface area contributed by atoms with Gasteiger partial charge < -0.3 is 16.4 Å². The van der Waals surface area contributed by atoms with Gasteiger partial charge in [-0.1, -0.05) is 29.8 Å². The van der Waals surface area contributed by atoms with Gasteiger partial charge >= 0.3 is 6.03 Å². The number of aryl methyl sites for hydroxylation is 1. The van der Waals surface area contributed by atoms with Crippen LogP contribution < -0.4 is 21.1 Å². The van der Waals surface area contributed by atoms with Crippen molar-refractivity contribution in [2.45, 2.75) is 18.2 Å². The van der Waals surface area contributed by atoms with E-state index in [0.29, 0.717) is 33.2 Å². The third-order valence-corrected chi connectivity index (χ3v) is 6.22. The number of hydrogen-bond donors (Lipinski definition) is 4. The Kier molecular flexibility index (Phi) is 7.01. The lowest BCUT2D eigenvalue weighted by molar-refractivity contribution is -0.115. The highest BCUT2D eigenvalue weighted by Crippen LogP contribution is 2.24. The Morgan fingerprint density at radius 2 is 1.47 bits per heavy atom. The van der Waals surface area contributed by atoms with Gasteiger partial charge in [0.15, 0.2) is 0 Å². The Bertz CT molecular complexity index is 1240. The minimum absolute atomic E-state index is 0.0483. The quantitative estimate of drug-likeness (QED) is 0.412. The number of benzene rings is 3. The molecule has 3 amide bonds. The molecule has 32 heavy (non-hydrogen) atoms. The van der Waals surface area contributed by atoms with E-state index in [0.717, 1.165) is 0 Å². The van der Waals surface area contributed by atoms with Gasteiger partial charge in [0.25, 0.3) is 10.0 Å². The summed E-state index contributed by atoms with van der Waals surface area (Å²) in [6.07, 6.45) is 0.0653. The smallest absolute Gasteiger partial charge is 0.316 e. The second-order valence-corrected chi connectivity index (χ2v) is 9.09. The van der Waals surface area contributed by atoms with Gasteiger partial charge in [0.2, 0.25) is 5.91 Å². The average molecular weight is 473 g/mol. The number of nitrogens with two attached hydrogens (primary N) is 1. The van der Waals surface area contributed by atoms with Crippen LogP contribution in [0.3, 0.4) is 0 Å². The number of carbonyl (C=O) groups excluding carboxylic acids is 2. The van der Waals surface area contributed by atoms with Gasteiger partial charge in [-0.3, -0.25) is 9.52 Å². The molecule has 0 aliphatic carbocycles. The fraction of sp³-hybridized carbons (Fsp3) is 0.0909. The number of nitrogens with one attached hydrogen (secondary N) is 3. The first kappa shape index (κ1) is 23.1. The van der Waals surface area contributed by atoms with Crippen LogP contribution in [0.25, 0.3) is 0 Å². The Labute approximate surface area is 190 Å². The molecule has 0 bridgehead atoms. The highest BCUT2D eigenvalue weighted by molar-refractivity contribution is 7.92. The van der Waals surface area contributed by atoms with Gasteiger partial charge in [-0.15, -0.1) is 0 Å². The van der Waals surface area contributed by atoms with Gasteiger partial charge in [0.05, 0.1) is 11.3 Å².